The van der Waals surface area contributed by atoms with Crippen LogP contribution in [-0.2, 0) is 17.0 Å². The van der Waals surface area contributed by atoms with Crippen LogP contribution in [0.5, 0.6) is 0 Å². The Hall–Kier alpha value is -1.97. The maximum absolute atomic E-state index is 12.2. The number of carbonyl (C=O) groups is 1. The lowest BCUT2D eigenvalue weighted by Gasteiger charge is -2.04. The molecule has 0 fully saturated rings. The lowest BCUT2D eigenvalue weighted by atomic mass is 10.2. The smallest absolute Gasteiger partial charge is 0.231 e. The zero-order valence-electron chi connectivity index (χ0n) is 15.2. The second-order valence-corrected chi connectivity index (χ2v) is 9.05. The second-order valence-electron chi connectivity index (χ2n) is 5.91. The Labute approximate surface area is 170 Å². The van der Waals surface area contributed by atoms with Crippen molar-refractivity contribution in [3.63, 3.8) is 0 Å². The van der Waals surface area contributed by atoms with E-state index in [9.17, 15) is 4.79 Å². The average Bonchev–Trinajstić information content (AvgIpc) is 3.29. The summed E-state index contributed by atoms with van der Waals surface area (Å²) in [4.78, 5) is 16.7. The molecule has 0 radical (unpaired) electrons. The summed E-state index contributed by atoms with van der Waals surface area (Å²) < 4.78 is 0.917. The third-order valence-electron chi connectivity index (χ3n) is 3.52. The van der Waals surface area contributed by atoms with Crippen LogP contribution in [-0.4, -0.2) is 27.6 Å². The molecule has 2 aromatic heterocycles. The molecule has 27 heavy (non-hydrogen) atoms. The number of thiazole rings is 1. The minimum atomic E-state index is -0.0526. The van der Waals surface area contributed by atoms with Gasteiger partial charge in [0.15, 0.2) is 4.34 Å². The Kier molecular flexibility index (Phi) is 7.19. The van der Waals surface area contributed by atoms with Crippen LogP contribution in [0.4, 0.5) is 10.8 Å². The third kappa shape index (κ3) is 6.30. The van der Waals surface area contributed by atoms with Crippen molar-refractivity contribution >= 4 is 51.2 Å². The molecule has 6 nitrogen and oxygen atoms in total. The van der Waals surface area contributed by atoms with Crippen LogP contribution < -0.4 is 10.6 Å². The molecule has 3 rings (SSSR count). The van der Waals surface area contributed by atoms with E-state index in [0.29, 0.717) is 0 Å². The quantitative estimate of drug-likeness (QED) is 0.494. The molecule has 0 atom stereocenters. The van der Waals surface area contributed by atoms with Crippen LogP contribution in [0.15, 0.2) is 34.0 Å². The van der Waals surface area contributed by atoms with Crippen molar-refractivity contribution in [3.05, 3.63) is 45.9 Å². The van der Waals surface area contributed by atoms with E-state index in [1.165, 1.54) is 16.9 Å². The lowest BCUT2D eigenvalue weighted by Crippen LogP contribution is -2.14. The van der Waals surface area contributed by atoms with Gasteiger partial charge in [0.05, 0.1) is 12.1 Å². The molecule has 142 valence electrons. The summed E-state index contributed by atoms with van der Waals surface area (Å²) in [5.74, 6) is 0.668. The number of thioether (sulfide) groups is 1. The standard InChI is InChI=1S/C18H21N5OS3/c1-3-8-19-17-22-23-18(27-17)26-11-14-10-25-16(21-14)9-15(24)20-13-6-4-12(2)5-7-13/h4-7,10H,3,8-9,11H2,1-2H3,(H,19,22)(H,20,24). The maximum atomic E-state index is 12.2. The van der Waals surface area contributed by atoms with Gasteiger partial charge in [-0.1, -0.05) is 47.7 Å². The fourth-order valence-corrected chi connectivity index (χ4v) is 4.75. The van der Waals surface area contributed by atoms with Gasteiger partial charge in [-0.2, -0.15) is 0 Å². The van der Waals surface area contributed by atoms with E-state index in [1.54, 1.807) is 23.1 Å². The number of aromatic nitrogens is 3. The van der Waals surface area contributed by atoms with Crippen LogP contribution in [0, 0.1) is 6.92 Å². The van der Waals surface area contributed by atoms with E-state index in [-0.39, 0.29) is 12.3 Å². The second kappa shape index (κ2) is 9.82. The molecule has 1 amide bonds. The highest BCUT2D eigenvalue weighted by Crippen LogP contribution is 2.28. The summed E-state index contributed by atoms with van der Waals surface area (Å²) in [6.45, 7) is 5.04. The highest BCUT2D eigenvalue weighted by Gasteiger charge is 2.10. The number of hydrogen-bond donors (Lipinski definition) is 2. The molecule has 3 aromatic rings. The number of amides is 1. The summed E-state index contributed by atoms with van der Waals surface area (Å²) in [5, 5.41) is 18.1. The fourth-order valence-electron chi connectivity index (χ4n) is 2.18. The number of benzene rings is 1. The monoisotopic (exact) mass is 419 g/mol. The van der Waals surface area contributed by atoms with Gasteiger partial charge in [0, 0.05) is 23.4 Å². The summed E-state index contributed by atoms with van der Waals surface area (Å²) in [5.41, 5.74) is 2.93. The molecule has 2 N–H and O–H groups in total. The molecule has 0 unspecified atom stereocenters. The van der Waals surface area contributed by atoms with Gasteiger partial charge >= 0.3 is 0 Å². The molecule has 0 saturated heterocycles. The summed E-state index contributed by atoms with van der Waals surface area (Å²) in [7, 11) is 0. The van der Waals surface area contributed by atoms with Crippen molar-refractivity contribution in [2.75, 3.05) is 17.2 Å². The molecule has 0 saturated carbocycles. The molecular formula is C18H21N5OS3. The largest absolute Gasteiger partial charge is 0.360 e. The van der Waals surface area contributed by atoms with Crippen molar-refractivity contribution in [1.29, 1.82) is 0 Å². The van der Waals surface area contributed by atoms with E-state index in [0.717, 1.165) is 44.6 Å². The number of carbonyl (C=O) groups excluding carboxylic acids is 1. The van der Waals surface area contributed by atoms with Crippen molar-refractivity contribution in [3.8, 4) is 0 Å². The summed E-state index contributed by atoms with van der Waals surface area (Å²) >= 11 is 4.68. The van der Waals surface area contributed by atoms with Crippen LogP contribution in [0.3, 0.4) is 0 Å². The Morgan fingerprint density at radius 2 is 2.04 bits per heavy atom. The Morgan fingerprint density at radius 3 is 2.81 bits per heavy atom. The molecule has 0 aliphatic heterocycles. The molecule has 0 aliphatic rings. The lowest BCUT2D eigenvalue weighted by molar-refractivity contribution is -0.115. The van der Waals surface area contributed by atoms with Gasteiger partial charge in [0.25, 0.3) is 0 Å². The van der Waals surface area contributed by atoms with E-state index in [1.807, 2.05) is 36.6 Å². The normalized spacial score (nSPS) is 10.7. The number of rotatable bonds is 9. The number of aryl methyl sites for hydroxylation is 1. The van der Waals surface area contributed by atoms with Crippen molar-refractivity contribution in [1.82, 2.24) is 15.2 Å². The zero-order valence-corrected chi connectivity index (χ0v) is 17.6. The molecule has 9 heteroatoms. The fraction of sp³-hybridized carbons (Fsp3) is 0.333. The SMILES string of the molecule is CCCNc1nnc(SCc2csc(CC(=O)Nc3ccc(C)cc3)n2)s1. The molecule has 2 heterocycles. The third-order valence-corrected chi connectivity index (χ3v) is 6.47. The minimum Gasteiger partial charge on any atom is -0.360 e. The van der Waals surface area contributed by atoms with Crippen LogP contribution in [0.2, 0.25) is 0 Å². The highest BCUT2D eigenvalue weighted by molar-refractivity contribution is 8.00. The predicted octanol–water partition coefficient (Wildman–Crippen LogP) is 4.60. The first-order chi connectivity index (χ1) is 13.1. The highest BCUT2D eigenvalue weighted by atomic mass is 32.2. The molecular weight excluding hydrogens is 398 g/mol. The summed E-state index contributed by atoms with van der Waals surface area (Å²) in [6.07, 6.45) is 1.34. The first-order valence-electron chi connectivity index (χ1n) is 8.62. The van der Waals surface area contributed by atoms with Gasteiger partial charge < -0.3 is 10.6 Å². The van der Waals surface area contributed by atoms with Crippen LogP contribution in [0.1, 0.15) is 29.6 Å². The van der Waals surface area contributed by atoms with Gasteiger partial charge in [0.1, 0.15) is 5.01 Å². The Balaban J connectivity index is 1.47. The van der Waals surface area contributed by atoms with Crippen molar-refractivity contribution in [2.45, 2.75) is 36.8 Å². The van der Waals surface area contributed by atoms with Crippen molar-refractivity contribution in [2.24, 2.45) is 0 Å². The Morgan fingerprint density at radius 1 is 1.22 bits per heavy atom. The number of hydrogen-bond acceptors (Lipinski definition) is 8. The number of nitrogens with one attached hydrogen (secondary N) is 2. The minimum absolute atomic E-state index is 0.0526. The van der Waals surface area contributed by atoms with Gasteiger partial charge in [-0.3, -0.25) is 4.79 Å². The van der Waals surface area contributed by atoms with E-state index >= 15 is 0 Å². The molecule has 0 spiro atoms. The first-order valence-corrected chi connectivity index (χ1v) is 11.3. The average molecular weight is 420 g/mol. The topological polar surface area (TPSA) is 79.8 Å². The number of anilines is 2. The van der Waals surface area contributed by atoms with Crippen molar-refractivity contribution < 1.29 is 4.79 Å². The molecule has 0 bridgehead atoms. The van der Waals surface area contributed by atoms with Crippen LogP contribution >= 0.6 is 34.4 Å². The van der Waals surface area contributed by atoms with Gasteiger partial charge in [0.2, 0.25) is 11.0 Å². The maximum Gasteiger partial charge on any atom is 0.231 e. The molecule has 0 aliphatic carbocycles. The van der Waals surface area contributed by atoms with Crippen LogP contribution in [0.25, 0.3) is 0 Å². The summed E-state index contributed by atoms with van der Waals surface area (Å²) in [6, 6.07) is 7.77. The zero-order chi connectivity index (χ0) is 19.1. The Bertz CT molecular complexity index is 875. The first kappa shape index (κ1) is 19.8. The molecule has 1 aromatic carbocycles. The van der Waals surface area contributed by atoms with E-state index in [2.05, 4.69) is 32.7 Å². The number of nitrogens with zero attached hydrogens (tertiary/aromatic N) is 3. The van der Waals surface area contributed by atoms with E-state index in [4.69, 9.17) is 0 Å². The van der Waals surface area contributed by atoms with Gasteiger partial charge in [-0.15, -0.1) is 21.5 Å². The van der Waals surface area contributed by atoms with E-state index < -0.39 is 0 Å². The van der Waals surface area contributed by atoms with Gasteiger partial charge in [-0.05, 0) is 25.5 Å². The predicted molar refractivity (Wildman–Crippen MR) is 114 cm³/mol. The van der Waals surface area contributed by atoms with Gasteiger partial charge in [-0.25, -0.2) is 4.98 Å².